The average molecular weight is 307 g/mol. The minimum atomic E-state index is 0.737. The van der Waals surface area contributed by atoms with Crippen molar-refractivity contribution in [3.8, 4) is 16.9 Å². The predicted molar refractivity (Wildman–Crippen MR) is 89.4 cm³/mol. The van der Waals surface area contributed by atoms with Crippen LogP contribution in [0.15, 0.2) is 54.7 Å². The fourth-order valence-electron chi connectivity index (χ4n) is 2.71. The van der Waals surface area contributed by atoms with E-state index in [0.29, 0.717) is 0 Å². The van der Waals surface area contributed by atoms with Crippen molar-refractivity contribution in [1.29, 1.82) is 0 Å². The number of nitrogens with zero attached hydrogens (tertiary/aromatic N) is 2. The van der Waals surface area contributed by atoms with Crippen molar-refractivity contribution in [3.05, 3.63) is 71.5 Å². The van der Waals surface area contributed by atoms with Gasteiger partial charge in [0.1, 0.15) is 0 Å². The molecular weight excluding hydrogens is 294 g/mol. The van der Waals surface area contributed by atoms with Gasteiger partial charge in [0, 0.05) is 27.9 Å². The standard InChI is InChI=1S/C18H13ClN3/c1-12-2-9-18(13-3-6-15(19)7-4-13)22(12)16-8-5-14-11-20-21-17(14)10-16/h3-11H,1H3,(H,20,21). The Hall–Kier alpha value is -2.52. The Morgan fingerprint density at radius 1 is 1.14 bits per heavy atom. The van der Waals surface area contributed by atoms with Gasteiger partial charge in [-0.15, -0.1) is 0 Å². The molecule has 0 amide bonds. The van der Waals surface area contributed by atoms with Gasteiger partial charge in [-0.3, -0.25) is 5.10 Å². The number of aromatic nitrogens is 3. The van der Waals surface area contributed by atoms with Crippen LogP contribution < -0.4 is 0 Å². The Morgan fingerprint density at radius 2 is 1.95 bits per heavy atom. The van der Waals surface area contributed by atoms with Crippen LogP contribution in [0.25, 0.3) is 27.8 Å². The van der Waals surface area contributed by atoms with Crippen LogP contribution in [-0.4, -0.2) is 14.8 Å². The zero-order valence-corrected chi connectivity index (χ0v) is 12.7. The van der Waals surface area contributed by atoms with Crippen LogP contribution in [0.3, 0.4) is 0 Å². The Labute approximate surface area is 133 Å². The first-order valence-corrected chi connectivity index (χ1v) is 7.39. The molecule has 107 valence electrons. The second-order valence-corrected chi connectivity index (χ2v) is 5.68. The maximum atomic E-state index is 5.99. The van der Waals surface area contributed by atoms with Crippen molar-refractivity contribution >= 4 is 22.5 Å². The van der Waals surface area contributed by atoms with Gasteiger partial charge in [0.25, 0.3) is 0 Å². The van der Waals surface area contributed by atoms with Crippen LogP contribution in [0.1, 0.15) is 5.69 Å². The van der Waals surface area contributed by atoms with Crippen LogP contribution >= 0.6 is 11.6 Å². The molecule has 4 rings (SSSR count). The van der Waals surface area contributed by atoms with E-state index in [1.807, 2.05) is 36.5 Å². The highest BCUT2D eigenvalue weighted by atomic mass is 35.5. The van der Waals surface area contributed by atoms with E-state index < -0.39 is 0 Å². The number of aromatic amines is 1. The molecule has 22 heavy (non-hydrogen) atoms. The second kappa shape index (κ2) is 5.04. The second-order valence-electron chi connectivity index (χ2n) is 5.24. The number of nitrogens with one attached hydrogen (secondary N) is 1. The van der Waals surface area contributed by atoms with Gasteiger partial charge in [-0.05, 0) is 48.9 Å². The number of benzene rings is 2. The number of halogens is 1. The molecule has 0 aliphatic heterocycles. The molecule has 1 N–H and O–H groups in total. The summed E-state index contributed by atoms with van der Waals surface area (Å²) in [5.74, 6) is 0. The van der Waals surface area contributed by atoms with E-state index in [4.69, 9.17) is 11.6 Å². The SMILES string of the molecule is Cc1[c]cc(-c2ccc(Cl)cc2)n1-c1ccc2cn[nH]c2c1. The molecule has 2 heterocycles. The number of hydrogen-bond donors (Lipinski definition) is 1. The van der Waals surface area contributed by atoms with E-state index >= 15 is 0 Å². The fourth-order valence-corrected chi connectivity index (χ4v) is 2.84. The van der Waals surface area contributed by atoms with E-state index in [2.05, 4.69) is 46.0 Å². The first kappa shape index (κ1) is 13.2. The summed E-state index contributed by atoms with van der Waals surface area (Å²) < 4.78 is 2.18. The van der Waals surface area contributed by atoms with Crippen molar-refractivity contribution in [1.82, 2.24) is 14.8 Å². The molecule has 4 aromatic rings. The molecule has 0 fully saturated rings. The normalized spacial score (nSPS) is 11.2. The molecule has 3 nitrogen and oxygen atoms in total. The molecule has 2 aromatic carbocycles. The van der Waals surface area contributed by atoms with E-state index in [-0.39, 0.29) is 0 Å². The van der Waals surface area contributed by atoms with Crippen molar-refractivity contribution in [2.24, 2.45) is 0 Å². The molecule has 0 saturated carbocycles. The van der Waals surface area contributed by atoms with Crippen LogP contribution in [-0.2, 0) is 0 Å². The van der Waals surface area contributed by atoms with Gasteiger partial charge in [0.05, 0.1) is 17.4 Å². The van der Waals surface area contributed by atoms with Crippen LogP contribution in [0, 0.1) is 13.0 Å². The third-order valence-corrected chi connectivity index (χ3v) is 4.07. The molecule has 2 aromatic heterocycles. The highest BCUT2D eigenvalue weighted by molar-refractivity contribution is 6.30. The molecule has 0 atom stereocenters. The number of H-pyrrole nitrogens is 1. The first-order valence-electron chi connectivity index (χ1n) is 7.02. The van der Waals surface area contributed by atoms with Gasteiger partial charge < -0.3 is 4.57 Å². The molecule has 0 aliphatic carbocycles. The average Bonchev–Trinajstić information content (AvgIpc) is 3.13. The van der Waals surface area contributed by atoms with E-state index in [0.717, 1.165) is 38.6 Å². The minimum absolute atomic E-state index is 0.737. The summed E-state index contributed by atoms with van der Waals surface area (Å²) in [5, 5.41) is 8.94. The number of rotatable bonds is 2. The van der Waals surface area contributed by atoms with E-state index in [1.54, 1.807) is 0 Å². The molecule has 0 spiro atoms. The lowest BCUT2D eigenvalue weighted by Crippen LogP contribution is -1.98. The summed E-state index contributed by atoms with van der Waals surface area (Å²) in [6.45, 7) is 2.05. The topological polar surface area (TPSA) is 33.6 Å². The highest BCUT2D eigenvalue weighted by Crippen LogP contribution is 2.28. The molecule has 0 saturated heterocycles. The molecule has 0 aliphatic rings. The van der Waals surface area contributed by atoms with Gasteiger partial charge in [0.2, 0.25) is 0 Å². The fraction of sp³-hybridized carbons (Fsp3) is 0.0556. The van der Waals surface area contributed by atoms with Crippen molar-refractivity contribution < 1.29 is 0 Å². The highest BCUT2D eigenvalue weighted by Gasteiger charge is 2.10. The summed E-state index contributed by atoms with van der Waals surface area (Å²) in [7, 11) is 0. The zero-order valence-electron chi connectivity index (χ0n) is 12.0. The van der Waals surface area contributed by atoms with E-state index in [9.17, 15) is 0 Å². The molecule has 1 radical (unpaired) electrons. The Balaban J connectivity index is 1.91. The van der Waals surface area contributed by atoms with E-state index in [1.165, 1.54) is 0 Å². The van der Waals surface area contributed by atoms with Crippen LogP contribution in [0.5, 0.6) is 0 Å². The van der Waals surface area contributed by atoms with Crippen molar-refractivity contribution in [3.63, 3.8) is 0 Å². The lowest BCUT2D eigenvalue weighted by molar-refractivity contribution is 1.02. The number of hydrogen-bond acceptors (Lipinski definition) is 1. The third-order valence-electron chi connectivity index (χ3n) is 3.82. The largest absolute Gasteiger partial charge is 0.313 e. The Kier molecular flexibility index (Phi) is 3.01. The van der Waals surface area contributed by atoms with Crippen LogP contribution in [0.4, 0.5) is 0 Å². The van der Waals surface area contributed by atoms with Crippen LogP contribution in [0.2, 0.25) is 5.02 Å². The summed E-state index contributed by atoms with van der Waals surface area (Å²) in [5.41, 5.74) is 5.36. The summed E-state index contributed by atoms with van der Waals surface area (Å²) >= 11 is 5.99. The quantitative estimate of drug-likeness (QED) is 0.568. The summed E-state index contributed by atoms with van der Waals surface area (Å²) in [6.07, 6.45) is 1.83. The monoisotopic (exact) mass is 306 g/mol. The maximum absolute atomic E-state index is 5.99. The smallest absolute Gasteiger partial charge is 0.0671 e. The minimum Gasteiger partial charge on any atom is -0.313 e. The zero-order chi connectivity index (χ0) is 15.1. The summed E-state index contributed by atoms with van der Waals surface area (Å²) in [4.78, 5) is 0. The Bertz CT molecular complexity index is 948. The van der Waals surface area contributed by atoms with Gasteiger partial charge in [-0.25, -0.2) is 0 Å². The summed E-state index contributed by atoms with van der Waals surface area (Å²) in [6, 6.07) is 19.4. The lowest BCUT2D eigenvalue weighted by atomic mass is 10.1. The number of aryl methyl sites for hydroxylation is 1. The predicted octanol–water partition coefficient (Wildman–Crippen LogP) is 4.78. The van der Waals surface area contributed by atoms with Gasteiger partial charge in [0.15, 0.2) is 0 Å². The van der Waals surface area contributed by atoms with Gasteiger partial charge in [-0.1, -0.05) is 23.7 Å². The maximum Gasteiger partial charge on any atom is 0.0671 e. The number of fused-ring (bicyclic) bond motifs is 1. The molecule has 0 unspecified atom stereocenters. The third kappa shape index (κ3) is 2.11. The van der Waals surface area contributed by atoms with Crippen molar-refractivity contribution in [2.75, 3.05) is 0 Å². The Morgan fingerprint density at radius 3 is 2.77 bits per heavy atom. The molecule has 0 bridgehead atoms. The van der Waals surface area contributed by atoms with Crippen molar-refractivity contribution in [2.45, 2.75) is 6.92 Å². The van der Waals surface area contributed by atoms with Gasteiger partial charge in [-0.2, -0.15) is 5.10 Å². The molecule has 4 heteroatoms. The first-order chi connectivity index (χ1) is 10.7. The van der Waals surface area contributed by atoms with Gasteiger partial charge >= 0.3 is 0 Å². The lowest BCUT2D eigenvalue weighted by Gasteiger charge is -2.12. The molecular formula is C18H13ClN3.